The monoisotopic (exact) mass is 419 g/mol. The average Bonchev–Trinajstić information content (AvgIpc) is 2.66. The first kappa shape index (κ1) is 24.8. The van der Waals surface area contributed by atoms with E-state index < -0.39 is 11.7 Å². The summed E-state index contributed by atoms with van der Waals surface area (Å²) in [6, 6.07) is 3.51. The van der Waals surface area contributed by atoms with Crippen molar-refractivity contribution in [3.63, 3.8) is 0 Å². The van der Waals surface area contributed by atoms with Crippen LogP contribution >= 0.6 is 0 Å². The summed E-state index contributed by atoms with van der Waals surface area (Å²) in [4.78, 5) is 20.1. The van der Waals surface area contributed by atoms with Crippen molar-refractivity contribution in [3.05, 3.63) is 48.9 Å². The zero-order valence-corrected chi connectivity index (χ0v) is 18.2. The predicted molar refractivity (Wildman–Crippen MR) is 117 cm³/mol. The molecule has 4 N–H and O–H groups in total. The number of ether oxygens (including phenoxy) is 3. The summed E-state index contributed by atoms with van der Waals surface area (Å²) >= 11 is 0. The van der Waals surface area contributed by atoms with E-state index in [-0.39, 0.29) is 18.3 Å². The summed E-state index contributed by atoms with van der Waals surface area (Å²) in [5, 5.41) is 5.32. The number of amidine groups is 1. The summed E-state index contributed by atoms with van der Waals surface area (Å²) in [5.74, 6) is 1.46. The molecule has 1 aromatic rings. The molecule has 0 saturated heterocycles. The molecule has 0 saturated carbocycles. The molecule has 0 fully saturated rings. The Labute approximate surface area is 178 Å². The van der Waals surface area contributed by atoms with Crippen LogP contribution in [-0.4, -0.2) is 42.3 Å². The van der Waals surface area contributed by atoms with Crippen molar-refractivity contribution in [2.75, 3.05) is 19.8 Å². The zero-order valence-electron chi connectivity index (χ0n) is 18.2. The zero-order chi connectivity index (χ0) is 22.4. The van der Waals surface area contributed by atoms with E-state index in [9.17, 15) is 4.79 Å². The molecule has 0 aliphatic rings. The first-order chi connectivity index (χ1) is 14.2. The molecule has 0 atom stereocenters. The van der Waals surface area contributed by atoms with Crippen LogP contribution in [0.25, 0.3) is 0 Å². The molecule has 0 aliphatic carbocycles. The van der Waals surface area contributed by atoms with Crippen molar-refractivity contribution in [1.29, 1.82) is 0 Å². The van der Waals surface area contributed by atoms with E-state index in [1.165, 1.54) is 6.20 Å². The molecule has 0 aromatic carbocycles. The summed E-state index contributed by atoms with van der Waals surface area (Å²) in [6.45, 7) is 12.3. The number of carbonyl (C=O) groups is 1. The molecule has 166 valence electrons. The van der Waals surface area contributed by atoms with E-state index in [4.69, 9.17) is 19.9 Å². The minimum atomic E-state index is -0.619. The highest BCUT2D eigenvalue weighted by molar-refractivity contribution is 5.95. The van der Waals surface area contributed by atoms with Crippen molar-refractivity contribution in [2.24, 2.45) is 10.7 Å². The minimum Gasteiger partial charge on any atom is -0.490 e. The Morgan fingerprint density at radius 1 is 1.30 bits per heavy atom. The third-order valence-corrected chi connectivity index (χ3v) is 3.33. The van der Waals surface area contributed by atoms with Crippen molar-refractivity contribution in [2.45, 2.75) is 46.1 Å². The Kier molecular flexibility index (Phi) is 10.8. The number of aliphatic imine (C=N–C) groups is 1. The first-order valence-electron chi connectivity index (χ1n) is 9.82. The van der Waals surface area contributed by atoms with Gasteiger partial charge in [0.15, 0.2) is 11.6 Å². The molecule has 1 amide bonds. The predicted octanol–water partition coefficient (Wildman–Crippen LogP) is 3.06. The van der Waals surface area contributed by atoms with E-state index in [2.05, 4.69) is 34.1 Å². The fourth-order valence-electron chi connectivity index (χ4n) is 1.99. The van der Waals surface area contributed by atoms with Crippen molar-refractivity contribution in [1.82, 2.24) is 15.6 Å². The molecule has 1 aromatic heterocycles. The van der Waals surface area contributed by atoms with Crippen LogP contribution in [0.2, 0.25) is 0 Å². The molecule has 0 radical (unpaired) electrons. The van der Waals surface area contributed by atoms with Gasteiger partial charge in [-0.25, -0.2) is 4.79 Å². The number of nitrogens with one attached hydrogen (secondary N) is 2. The number of nitrogens with zero attached hydrogens (tertiary/aromatic N) is 2. The lowest BCUT2D eigenvalue weighted by Crippen LogP contribution is -2.35. The highest BCUT2D eigenvalue weighted by Gasteiger charge is 2.16. The number of unbranched alkanes of at least 4 members (excludes halogenated alkanes) is 1. The molecule has 1 rings (SSSR count). The Morgan fingerprint density at radius 3 is 2.63 bits per heavy atom. The second kappa shape index (κ2) is 13.1. The van der Waals surface area contributed by atoms with Gasteiger partial charge in [0.2, 0.25) is 0 Å². The van der Waals surface area contributed by atoms with E-state index in [1.54, 1.807) is 45.3 Å². The SMILES string of the molecule is C=C(NC=C(OCCOc1ccncc1)C(N)=NCCCC)NC(=O)OC(C)(C)C. The molecule has 1 heterocycles. The van der Waals surface area contributed by atoms with E-state index in [0.29, 0.717) is 24.7 Å². The van der Waals surface area contributed by atoms with Gasteiger partial charge in [-0.1, -0.05) is 19.9 Å². The van der Waals surface area contributed by atoms with Gasteiger partial charge in [0.05, 0.1) is 0 Å². The van der Waals surface area contributed by atoms with Gasteiger partial charge in [0.1, 0.15) is 30.4 Å². The van der Waals surface area contributed by atoms with Gasteiger partial charge in [0.25, 0.3) is 0 Å². The summed E-state index contributed by atoms with van der Waals surface area (Å²) < 4.78 is 16.5. The quantitative estimate of drug-likeness (QED) is 0.206. The fourth-order valence-corrected chi connectivity index (χ4v) is 1.99. The molecule has 0 unspecified atom stereocenters. The summed E-state index contributed by atoms with van der Waals surface area (Å²) in [5.41, 5.74) is 5.44. The second-order valence-electron chi connectivity index (χ2n) is 7.26. The lowest BCUT2D eigenvalue weighted by Gasteiger charge is -2.20. The number of nitrogens with two attached hydrogens (primary N) is 1. The van der Waals surface area contributed by atoms with Gasteiger partial charge in [0, 0.05) is 25.1 Å². The van der Waals surface area contributed by atoms with Crippen LogP contribution in [0.1, 0.15) is 40.5 Å². The standard InChI is InChI=1S/C21H33N5O4/c1-6-7-10-24-19(22)18(29-14-13-28-17-8-11-23-12-9-17)15-25-16(2)26-20(27)30-21(3,4)5/h8-9,11-12,15,25H,2,6-7,10,13-14H2,1,3-5H3,(H2,22,24)(H,26,27). The lowest BCUT2D eigenvalue weighted by molar-refractivity contribution is 0.0543. The molecule has 0 spiro atoms. The van der Waals surface area contributed by atoms with Crippen LogP contribution in [0.5, 0.6) is 5.75 Å². The van der Waals surface area contributed by atoms with Gasteiger partial charge in [-0.2, -0.15) is 0 Å². The van der Waals surface area contributed by atoms with E-state index in [0.717, 1.165) is 12.8 Å². The third-order valence-electron chi connectivity index (χ3n) is 3.33. The number of rotatable bonds is 12. The smallest absolute Gasteiger partial charge is 0.413 e. The second-order valence-corrected chi connectivity index (χ2v) is 7.26. The van der Waals surface area contributed by atoms with Crippen molar-refractivity contribution < 1.29 is 19.0 Å². The van der Waals surface area contributed by atoms with Gasteiger partial charge >= 0.3 is 6.09 Å². The minimum absolute atomic E-state index is 0.208. The van der Waals surface area contributed by atoms with E-state index in [1.807, 2.05) is 0 Å². The van der Waals surface area contributed by atoms with Gasteiger partial charge in [-0.15, -0.1) is 0 Å². The van der Waals surface area contributed by atoms with Crippen LogP contribution in [0.3, 0.4) is 0 Å². The lowest BCUT2D eigenvalue weighted by atomic mass is 10.2. The maximum Gasteiger partial charge on any atom is 0.413 e. The van der Waals surface area contributed by atoms with Crippen LogP contribution in [0.4, 0.5) is 4.79 Å². The van der Waals surface area contributed by atoms with Crippen molar-refractivity contribution >= 4 is 11.9 Å². The van der Waals surface area contributed by atoms with Crippen LogP contribution in [0.15, 0.2) is 53.9 Å². The third kappa shape index (κ3) is 11.6. The van der Waals surface area contributed by atoms with Crippen molar-refractivity contribution in [3.8, 4) is 5.75 Å². The Hall–Kier alpha value is -3.23. The highest BCUT2D eigenvalue weighted by atomic mass is 16.6. The number of pyridine rings is 1. The number of carbonyl (C=O) groups excluding carboxylic acids is 1. The van der Waals surface area contributed by atoms with Gasteiger partial charge in [-0.05, 0) is 39.3 Å². The molecule has 0 bridgehead atoms. The number of aromatic nitrogens is 1. The number of amides is 1. The maximum atomic E-state index is 11.8. The largest absolute Gasteiger partial charge is 0.490 e. The normalized spacial score (nSPS) is 12.1. The Balaban J connectivity index is 2.63. The number of alkyl carbamates (subject to hydrolysis) is 1. The topological polar surface area (TPSA) is 120 Å². The summed E-state index contributed by atoms with van der Waals surface area (Å²) in [6.07, 6.45) is 6.08. The summed E-state index contributed by atoms with van der Waals surface area (Å²) in [7, 11) is 0. The molecular formula is C21H33N5O4. The molecule has 30 heavy (non-hydrogen) atoms. The molecular weight excluding hydrogens is 386 g/mol. The molecule has 9 nitrogen and oxygen atoms in total. The number of hydrogen-bond acceptors (Lipinski definition) is 7. The Morgan fingerprint density at radius 2 is 2.00 bits per heavy atom. The maximum absolute atomic E-state index is 11.8. The van der Waals surface area contributed by atoms with Crippen LogP contribution < -0.4 is 21.1 Å². The highest BCUT2D eigenvalue weighted by Crippen LogP contribution is 2.08. The average molecular weight is 420 g/mol. The van der Waals surface area contributed by atoms with E-state index >= 15 is 0 Å². The molecule has 9 heteroatoms. The first-order valence-corrected chi connectivity index (χ1v) is 9.82. The van der Waals surface area contributed by atoms with Crippen LogP contribution in [-0.2, 0) is 9.47 Å². The number of hydrogen-bond donors (Lipinski definition) is 3. The molecule has 0 aliphatic heterocycles. The van der Waals surface area contributed by atoms with Crippen LogP contribution in [0, 0.1) is 0 Å². The fraction of sp³-hybridized carbons (Fsp3) is 0.476. The van der Waals surface area contributed by atoms with Gasteiger partial charge < -0.3 is 25.3 Å². The Bertz CT molecular complexity index is 727. The van der Waals surface area contributed by atoms with Gasteiger partial charge in [-0.3, -0.25) is 15.3 Å².